The third-order valence-corrected chi connectivity index (χ3v) is 3.52. The average Bonchev–Trinajstić information content (AvgIpc) is 2.78. The summed E-state index contributed by atoms with van der Waals surface area (Å²) in [6.45, 7) is 8.65. The normalized spacial score (nSPS) is 36.5. The van der Waals surface area contributed by atoms with E-state index < -0.39 is 0 Å². The molecule has 1 heterocycles. The predicted molar refractivity (Wildman–Crippen MR) is 64.6 cm³/mol. The molecule has 0 spiro atoms. The van der Waals surface area contributed by atoms with Crippen molar-refractivity contribution in [3.63, 3.8) is 0 Å². The van der Waals surface area contributed by atoms with Crippen molar-refractivity contribution in [2.45, 2.75) is 40.5 Å². The van der Waals surface area contributed by atoms with Gasteiger partial charge in [0.15, 0.2) is 0 Å². The van der Waals surface area contributed by atoms with Gasteiger partial charge in [-0.25, -0.2) is 0 Å². The van der Waals surface area contributed by atoms with Crippen LogP contribution in [0.2, 0.25) is 0 Å². The molecule has 0 aromatic carbocycles. The Balaban J connectivity index is 2.12. The molecular weight excluding hydrogens is 182 g/mol. The molecule has 0 aromatic heterocycles. The van der Waals surface area contributed by atoms with Crippen molar-refractivity contribution in [1.82, 2.24) is 0 Å². The van der Waals surface area contributed by atoms with E-state index in [9.17, 15) is 0 Å². The van der Waals surface area contributed by atoms with Gasteiger partial charge in [0.2, 0.25) is 0 Å². The van der Waals surface area contributed by atoms with Crippen LogP contribution in [0.4, 0.5) is 0 Å². The van der Waals surface area contributed by atoms with E-state index in [2.05, 4.69) is 49.9 Å². The minimum Gasteiger partial charge on any atom is -0.265 e. The zero-order chi connectivity index (χ0) is 11.1. The molecule has 0 bridgehead atoms. The Hall–Kier alpha value is -1.03. The quantitative estimate of drug-likeness (QED) is 0.576. The van der Waals surface area contributed by atoms with E-state index in [1.807, 2.05) is 6.92 Å². The van der Waals surface area contributed by atoms with Crippen LogP contribution in [0, 0.1) is 28.6 Å². The molecule has 1 fully saturated rings. The van der Waals surface area contributed by atoms with Gasteiger partial charge in [0.05, 0.1) is 0 Å². The highest BCUT2D eigenvalue weighted by atomic mass is 14.8. The van der Waals surface area contributed by atoms with Crippen molar-refractivity contribution in [1.29, 1.82) is 0 Å². The molecule has 2 aliphatic rings. The third-order valence-electron chi connectivity index (χ3n) is 3.52. The van der Waals surface area contributed by atoms with Gasteiger partial charge < -0.3 is 0 Å². The molecule has 80 valence electrons. The summed E-state index contributed by atoms with van der Waals surface area (Å²) in [6.07, 6.45) is 6.69. The maximum absolute atomic E-state index is 4.62. The van der Waals surface area contributed by atoms with Gasteiger partial charge in [0.1, 0.15) is 0 Å². The Labute approximate surface area is 92.7 Å². The van der Waals surface area contributed by atoms with E-state index >= 15 is 0 Å². The van der Waals surface area contributed by atoms with Crippen LogP contribution in [-0.2, 0) is 0 Å². The Bertz CT molecular complexity index is 389. The second kappa shape index (κ2) is 3.23. The van der Waals surface area contributed by atoms with Crippen molar-refractivity contribution in [3.8, 4) is 11.8 Å². The minimum absolute atomic E-state index is 0.237. The third kappa shape index (κ3) is 1.86. The topological polar surface area (TPSA) is 12.4 Å². The van der Waals surface area contributed by atoms with Gasteiger partial charge in [-0.2, -0.15) is 0 Å². The highest BCUT2D eigenvalue weighted by molar-refractivity contribution is 5.68. The molecule has 1 saturated carbocycles. The Morgan fingerprint density at radius 3 is 2.67 bits per heavy atom. The summed E-state index contributed by atoms with van der Waals surface area (Å²) >= 11 is 0. The van der Waals surface area contributed by atoms with Crippen LogP contribution in [0.1, 0.15) is 40.5 Å². The number of rotatable bonds is 1. The number of hydrogen-bond acceptors (Lipinski definition) is 1. The van der Waals surface area contributed by atoms with Crippen molar-refractivity contribution >= 4 is 6.21 Å². The Morgan fingerprint density at radius 2 is 2.13 bits per heavy atom. The van der Waals surface area contributed by atoms with Crippen LogP contribution < -0.4 is 0 Å². The second-order valence-corrected chi connectivity index (χ2v) is 5.61. The molecule has 0 N–H and O–H groups in total. The predicted octanol–water partition coefficient (Wildman–Crippen LogP) is 3.42. The van der Waals surface area contributed by atoms with E-state index in [1.165, 1.54) is 12.1 Å². The van der Waals surface area contributed by atoms with Gasteiger partial charge >= 0.3 is 0 Å². The first-order valence-corrected chi connectivity index (χ1v) is 5.66. The van der Waals surface area contributed by atoms with Crippen LogP contribution in [-0.4, -0.2) is 6.21 Å². The highest BCUT2D eigenvalue weighted by Crippen LogP contribution is 2.58. The highest BCUT2D eigenvalue weighted by Gasteiger charge is 2.52. The van der Waals surface area contributed by atoms with E-state index in [1.54, 1.807) is 0 Å². The Morgan fingerprint density at radius 1 is 1.40 bits per heavy atom. The molecule has 15 heavy (non-hydrogen) atoms. The zero-order valence-electron chi connectivity index (χ0n) is 10.1. The summed E-state index contributed by atoms with van der Waals surface area (Å²) in [5.41, 5.74) is 1.74. The van der Waals surface area contributed by atoms with Crippen LogP contribution in [0.5, 0.6) is 0 Å². The first-order valence-electron chi connectivity index (χ1n) is 5.66. The molecule has 0 radical (unpaired) electrons. The van der Waals surface area contributed by atoms with E-state index in [4.69, 9.17) is 0 Å². The monoisotopic (exact) mass is 201 g/mol. The fourth-order valence-corrected chi connectivity index (χ4v) is 2.12. The summed E-state index contributed by atoms with van der Waals surface area (Å²) in [4.78, 5) is 4.62. The van der Waals surface area contributed by atoms with Gasteiger partial charge in [-0.1, -0.05) is 32.8 Å². The number of nitrogens with zero attached hydrogens (tertiary/aromatic N) is 1. The molecule has 0 saturated heterocycles. The molecule has 1 heteroatoms. The maximum Gasteiger partial charge on any atom is 0.0432 e. The molecule has 2 rings (SSSR count). The first kappa shape index (κ1) is 10.5. The molecule has 0 aromatic rings. The summed E-state index contributed by atoms with van der Waals surface area (Å²) < 4.78 is 0. The molecule has 1 aliphatic heterocycles. The standard InChI is InChI=1S/C14H19N/c1-5-6-11-9-14(11,4)12-7-8-13(2,3)10-15-12/h7,10-11H,8-9H2,1-4H3. The molecule has 2 unspecified atom stereocenters. The molecule has 1 nitrogen and oxygen atoms in total. The lowest BCUT2D eigenvalue weighted by atomic mass is 9.86. The van der Waals surface area contributed by atoms with E-state index in [0.717, 1.165) is 6.42 Å². The SMILES string of the molecule is CC#CC1CC1(C)C1=CCC(C)(C)C=N1. The van der Waals surface area contributed by atoms with E-state index in [-0.39, 0.29) is 10.8 Å². The lowest BCUT2D eigenvalue weighted by molar-refractivity contribution is 0.518. The summed E-state index contributed by atoms with van der Waals surface area (Å²) in [6, 6.07) is 0. The van der Waals surface area contributed by atoms with Gasteiger partial charge in [0, 0.05) is 28.7 Å². The van der Waals surface area contributed by atoms with Crippen molar-refractivity contribution < 1.29 is 0 Å². The van der Waals surface area contributed by atoms with Crippen LogP contribution >= 0.6 is 0 Å². The van der Waals surface area contributed by atoms with E-state index in [0.29, 0.717) is 5.92 Å². The molecular formula is C14H19N. The number of aliphatic imine (C=N–C) groups is 1. The summed E-state index contributed by atoms with van der Waals surface area (Å²) in [5, 5.41) is 0. The lowest BCUT2D eigenvalue weighted by Crippen LogP contribution is -2.17. The largest absolute Gasteiger partial charge is 0.265 e. The van der Waals surface area contributed by atoms with Gasteiger partial charge in [-0.05, 0) is 19.8 Å². The van der Waals surface area contributed by atoms with Gasteiger partial charge in [0.25, 0.3) is 0 Å². The number of allylic oxidation sites excluding steroid dienone is 2. The van der Waals surface area contributed by atoms with Crippen molar-refractivity contribution in [2.75, 3.05) is 0 Å². The molecule has 1 aliphatic carbocycles. The minimum atomic E-state index is 0.237. The molecule has 0 amide bonds. The van der Waals surface area contributed by atoms with Crippen molar-refractivity contribution in [2.24, 2.45) is 21.7 Å². The maximum atomic E-state index is 4.62. The fraction of sp³-hybridized carbons (Fsp3) is 0.643. The smallest absolute Gasteiger partial charge is 0.0432 e. The van der Waals surface area contributed by atoms with Gasteiger partial charge in [-0.3, -0.25) is 4.99 Å². The van der Waals surface area contributed by atoms with Crippen LogP contribution in [0.3, 0.4) is 0 Å². The Kier molecular flexibility index (Phi) is 2.26. The van der Waals surface area contributed by atoms with Crippen molar-refractivity contribution in [3.05, 3.63) is 11.8 Å². The lowest BCUT2D eigenvalue weighted by Gasteiger charge is -2.24. The average molecular weight is 201 g/mol. The number of hydrogen-bond donors (Lipinski definition) is 0. The first-order chi connectivity index (χ1) is 6.98. The summed E-state index contributed by atoms with van der Waals surface area (Å²) in [7, 11) is 0. The zero-order valence-corrected chi connectivity index (χ0v) is 10.1. The summed E-state index contributed by atoms with van der Waals surface area (Å²) in [5.74, 6) is 6.81. The van der Waals surface area contributed by atoms with Gasteiger partial charge in [-0.15, -0.1) is 5.92 Å². The van der Waals surface area contributed by atoms with Crippen LogP contribution in [0.15, 0.2) is 16.8 Å². The molecule has 2 atom stereocenters. The van der Waals surface area contributed by atoms with Crippen LogP contribution in [0.25, 0.3) is 0 Å². The second-order valence-electron chi connectivity index (χ2n) is 5.61. The fourth-order valence-electron chi connectivity index (χ4n) is 2.12.